The van der Waals surface area contributed by atoms with Crippen LogP contribution in [0.3, 0.4) is 0 Å². The van der Waals surface area contributed by atoms with Gasteiger partial charge in [0.2, 0.25) is 6.29 Å². The third-order valence-electron chi connectivity index (χ3n) is 4.57. The first-order valence-corrected chi connectivity index (χ1v) is 9.82. The highest BCUT2D eigenvalue weighted by atomic mass is 16.7. The van der Waals surface area contributed by atoms with Gasteiger partial charge in [-0.1, -0.05) is 19.6 Å². The van der Waals surface area contributed by atoms with Gasteiger partial charge in [0.15, 0.2) is 6.29 Å². The summed E-state index contributed by atoms with van der Waals surface area (Å²) in [7, 11) is 0. The minimum Gasteiger partial charge on any atom is -0.413 e. The van der Waals surface area contributed by atoms with Gasteiger partial charge in [0.25, 0.3) is 11.8 Å². The summed E-state index contributed by atoms with van der Waals surface area (Å²) in [5.74, 6) is -0.721. The lowest BCUT2D eigenvalue weighted by molar-refractivity contribution is -0.152. The zero-order valence-corrected chi connectivity index (χ0v) is 17.7. The van der Waals surface area contributed by atoms with Gasteiger partial charge < -0.3 is 28.7 Å². The minimum absolute atomic E-state index is 0.0173. The zero-order chi connectivity index (χ0) is 22.3. The third kappa shape index (κ3) is 4.49. The Morgan fingerprint density at radius 2 is 1.27 bits per heavy atom. The van der Waals surface area contributed by atoms with Crippen LogP contribution in [0.4, 0.5) is 0 Å². The van der Waals surface area contributed by atoms with Crippen molar-refractivity contribution in [1.29, 1.82) is 0 Å². The number of nitrogens with zero attached hydrogens (tertiary/aromatic N) is 2. The van der Waals surface area contributed by atoms with E-state index in [1.54, 1.807) is 6.92 Å². The molecule has 0 N–H and O–H groups in total. The molecule has 0 spiro atoms. The summed E-state index contributed by atoms with van der Waals surface area (Å²) in [6, 6.07) is 0. The summed E-state index contributed by atoms with van der Waals surface area (Å²) in [5, 5.41) is 0. The van der Waals surface area contributed by atoms with Crippen LogP contribution >= 0.6 is 0 Å². The van der Waals surface area contributed by atoms with E-state index in [0.717, 1.165) is 0 Å². The van der Waals surface area contributed by atoms with Gasteiger partial charge in [0, 0.05) is 19.8 Å². The van der Waals surface area contributed by atoms with Crippen molar-refractivity contribution < 1.29 is 28.5 Å². The van der Waals surface area contributed by atoms with Crippen LogP contribution in [0.1, 0.15) is 20.8 Å². The monoisotopic (exact) mass is 416 g/mol. The average Bonchev–Trinajstić information content (AvgIpc) is 3.15. The van der Waals surface area contributed by atoms with Crippen LogP contribution < -0.4 is 0 Å². The van der Waals surface area contributed by atoms with Crippen molar-refractivity contribution in [2.75, 3.05) is 32.9 Å². The van der Waals surface area contributed by atoms with Gasteiger partial charge in [-0.15, -0.1) is 0 Å². The van der Waals surface area contributed by atoms with E-state index < -0.39 is 12.6 Å². The lowest BCUT2D eigenvalue weighted by Crippen LogP contribution is -2.39. The predicted molar refractivity (Wildman–Crippen MR) is 110 cm³/mol. The predicted octanol–water partition coefficient (Wildman–Crippen LogP) is 1.92. The van der Waals surface area contributed by atoms with Gasteiger partial charge in [-0.3, -0.25) is 9.59 Å². The molecule has 8 nitrogen and oxygen atoms in total. The average molecular weight is 416 g/mol. The van der Waals surface area contributed by atoms with Gasteiger partial charge >= 0.3 is 0 Å². The molecule has 1 unspecified atom stereocenters. The molecule has 2 heterocycles. The van der Waals surface area contributed by atoms with E-state index in [-0.39, 0.29) is 36.1 Å². The summed E-state index contributed by atoms with van der Waals surface area (Å²) in [6.45, 7) is 14.4. The number of terminal acetylenes is 1. The summed E-state index contributed by atoms with van der Waals surface area (Å²) in [6.07, 6.45) is 8.77. The molecule has 0 fully saturated rings. The van der Waals surface area contributed by atoms with E-state index in [0.29, 0.717) is 31.2 Å². The zero-order valence-electron chi connectivity index (χ0n) is 17.7. The number of ether oxygens (including phenoxy) is 4. The summed E-state index contributed by atoms with van der Waals surface area (Å²) in [4.78, 5) is 29.3. The summed E-state index contributed by atoms with van der Waals surface area (Å²) in [5.41, 5.74) is 1.29. The molecule has 0 aliphatic carbocycles. The molecule has 1 atom stereocenters. The number of hydrogen-bond donors (Lipinski definition) is 0. The maximum absolute atomic E-state index is 13.2. The quantitative estimate of drug-likeness (QED) is 0.337. The van der Waals surface area contributed by atoms with Crippen molar-refractivity contribution in [3.05, 3.63) is 47.9 Å². The van der Waals surface area contributed by atoms with Crippen LogP contribution in [0.5, 0.6) is 0 Å². The van der Waals surface area contributed by atoms with Crippen molar-refractivity contribution >= 4 is 11.8 Å². The topological polar surface area (TPSA) is 77.5 Å². The first-order chi connectivity index (χ1) is 14.5. The van der Waals surface area contributed by atoms with E-state index in [1.165, 1.54) is 22.0 Å². The number of hydrogen-bond acceptors (Lipinski definition) is 6. The Bertz CT molecular complexity index is 801. The Labute approximate surface area is 177 Å². The van der Waals surface area contributed by atoms with Gasteiger partial charge in [-0.25, -0.2) is 0 Å². The molecule has 0 aromatic rings. The molecule has 30 heavy (non-hydrogen) atoms. The largest absolute Gasteiger partial charge is 0.413 e. The van der Waals surface area contributed by atoms with Crippen molar-refractivity contribution in [3.8, 4) is 12.5 Å². The molecule has 0 bridgehead atoms. The Balaban J connectivity index is 2.40. The van der Waals surface area contributed by atoms with Crippen LogP contribution in [-0.2, 0) is 28.5 Å². The highest BCUT2D eigenvalue weighted by molar-refractivity contribution is 6.20. The molecular formula is C22H28N2O6. The van der Waals surface area contributed by atoms with Gasteiger partial charge in [-0.2, -0.15) is 0 Å². The van der Waals surface area contributed by atoms with Crippen molar-refractivity contribution in [2.45, 2.75) is 33.4 Å². The van der Waals surface area contributed by atoms with E-state index in [4.69, 9.17) is 25.4 Å². The minimum atomic E-state index is -0.836. The molecule has 162 valence electrons. The normalized spacial score (nSPS) is 17.0. The Kier molecular flexibility index (Phi) is 8.42. The number of carbonyl (C=O) groups excluding carboxylic acids is 2. The van der Waals surface area contributed by atoms with Crippen molar-refractivity contribution in [1.82, 2.24) is 9.80 Å². The smallest absolute Gasteiger partial charge is 0.261 e. The molecule has 8 heteroatoms. The standard InChI is InChI=1S/C22H28N2O6/c1-7-15-19-20(22(26)23(15)13-17(27-9-3)28-10-4)16(8-2)24(21(19)25)14-18(29-11-5)30-12-6/h3,7-8,17-18H,1-2,10-14H2,4-6H3. The second-order valence-corrected chi connectivity index (χ2v) is 6.22. The molecule has 0 radical (unpaired) electrons. The number of allylic oxidation sites excluding steroid dienone is 2. The number of rotatable bonds is 13. The van der Waals surface area contributed by atoms with E-state index in [9.17, 15) is 9.59 Å². The molecule has 0 aromatic carbocycles. The van der Waals surface area contributed by atoms with Crippen LogP contribution in [0.2, 0.25) is 0 Å². The fourth-order valence-corrected chi connectivity index (χ4v) is 3.44. The molecule has 2 aliphatic heterocycles. The highest BCUT2D eigenvalue weighted by Crippen LogP contribution is 2.40. The second-order valence-electron chi connectivity index (χ2n) is 6.22. The first kappa shape index (κ1) is 23.4. The van der Waals surface area contributed by atoms with Crippen molar-refractivity contribution in [3.63, 3.8) is 0 Å². The maximum Gasteiger partial charge on any atom is 0.261 e. The molecule has 0 saturated heterocycles. The lowest BCUT2D eigenvalue weighted by atomic mass is 10.1. The second kappa shape index (κ2) is 10.8. The summed E-state index contributed by atoms with van der Waals surface area (Å²) < 4.78 is 21.7. The van der Waals surface area contributed by atoms with Crippen LogP contribution in [0.25, 0.3) is 0 Å². The van der Waals surface area contributed by atoms with E-state index >= 15 is 0 Å². The van der Waals surface area contributed by atoms with Gasteiger partial charge in [0.1, 0.15) is 6.11 Å². The fourth-order valence-electron chi connectivity index (χ4n) is 3.44. The highest BCUT2D eigenvalue weighted by Gasteiger charge is 2.47. The number of carbonyl (C=O) groups is 2. The number of fused-ring (bicyclic) bond motifs is 1. The van der Waals surface area contributed by atoms with Gasteiger partial charge in [0.05, 0.1) is 35.6 Å². The van der Waals surface area contributed by atoms with Crippen LogP contribution in [-0.4, -0.2) is 67.1 Å². The molecule has 0 saturated carbocycles. The van der Waals surface area contributed by atoms with E-state index in [2.05, 4.69) is 19.3 Å². The summed E-state index contributed by atoms with van der Waals surface area (Å²) >= 11 is 0. The maximum atomic E-state index is 13.2. The molecule has 0 aromatic heterocycles. The van der Waals surface area contributed by atoms with Crippen molar-refractivity contribution in [2.24, 2.45) is 0 Å². The Morgan fingerprint density at radius 1 is 0.867 bits per heavy atom. The van der Waals surface area contributed by atoms with E-state index in [1.807, 2.05) is 13.8 Å². The van der Waals surface area contributed by atoms with Crippen LogP contribution in [0.15, 0.2) is 47.9 Å². The molecule has 2 amide bonds. The molecular weight excluding hydrogens is 388 g/mol. The molecule has 2 rings (SSSR count). The third-order valence-corrected chi connectivity index (χ3v) is 4.57. The Hall–Kier alpha value is -2.86. The molecule has 2 aliphatic rings. The lowest BCUT2D eigenvalue weighted by Gasteiger charge is -2.27. The van der Waals surface area contributed by atoms with Crippen LogP contribution in [0, 0.1) is 12.5 Å². The first-order valence-electron chi connectivity index (χ1n) is 9.82. The van der Waals surface area contributed by atoms with Gasteiger partial charge in [-0.05, 0) is 32.9 Å². The number of amides is 2. The fraction of sp³-hybridized carbons (Fsp3) is 0.455. The SMILES string of the molecule is C#COC(CN1C(=O)C2=C(C=C)N(CC(OCC)OCC)C(=O)C2=C1C=C)OCC. The Morgan fingerprint density at radius 3 is 1.63 bits per heavy atom.